The predicted octanol–water partition coefficient (Wildman–Crippen LogP) is 1.46. The number of benzene rings is 2. The van der Waals surface area contributed by atoms with Crippen LogP contribution in [0.4, 0.5) is 0 Å². The van der Waals surface area contributed by atoms with Gasteiger partial charge in [-0.05, 0) is 41.6 Å². The minimum Gasteiger partial charge on any atom is -0.423 e. The van der Waals surface area contributed by atoms with E-state index in [-0.39, 0.29) is 30.2 Å². The van der Waals surface area contributed by atoms with Gasteiger partial charge in [-0.2, -0.15) is 4.68 Å². The molecule has 4 atom stereocenters. The normalized spacial score (nSPS) is 25.5. The second-order valence-electron chi connectivity index (χ2n) is 7.53. The molecule has 0 unspecified atom stereocenters. The van der Waals surface area contributed by atoms with Crippen LogP contribution in [0.3, 0.4) is 0 Å². The number of para-hydroxylation sites is 1. The van der Waals surface area contributed by atoms with Crippen molar-refractivity contribution in [2.45, 2.75) is 36.1 Å². The molecule has 11 heteroatoms. The number of ether oxygens (including phenoxy) is 3. The van der Waals surface area contributed by atoms with Crippen LogP contribution in [-0.2, 0) is 19.5 Å². The van der Waals surface area contributed by atoms with Gasteiger partial charge in [-0.1, -0.05) is 41.0 Å². The lowest BCUT2D eigenvalue weighted by molar-refractivity contribution is 0.0615. The van der Waals surface area contributed by atoms with Crippen LogP contribution in [0.25, 0.3) is 0 Å². The van der Waals surface area contributed by atoms with Crippen molar-refractivity contribution in [3.63, 3.8) is 0 Å². The van der Waals surface area contributed by atoms with Crippen molar-refractivity contribution in [2.75, 3.05) is 13.2 Å². The Morgan fingerprint density at radius 3 is 2.55 bits per heavy atom. The molecular weight excluding hydrogens is 422 g/mol. The van der Waals surface area contributed by atoms with Crippen LogP contribution in [0.15, 0.2) is 59.5 Å². The molecule has 162 valence electrons. The first-order valence-electron chi connectivity index (χ1n) is 9.84. The van der Waals surface area contributed by atoms with E-state index < -0.39 is 28.3 Å². The minimum atomic E-state index is -3.70. The molecule has 3 aromatic rings. The van der Waals surface area contributed by atoms with E-state index >= 15 is 0 Å². The third-order valence-electron chi connectivity index (χ3n) is 5.39. The smallest absolute Gasteiger partial charge is 0.341 e. The monoisotopic (exact) mass is 443 g/mol. The molecule has 10 nitrogen and oxygen atoms in total. The zero-order valence-electron chi connectivity index (χ0n) is 16.7. The van der Waals surface area contributed by atoms with E-state index in [1.807, 2.05) is 25.1 Å². The molecule has 0 spiro atoms. The Hall–Kier alpha value is -2.86. The van der Waals surface area contributed by atoms with Gasteiger partial charge in [-0.3, -0.25) is 0 Å². The van der Waals surface area contributed by atoms with Crippen LogP contribution in [0.5, 0.6) is 11.8 Å². The van der Waals surface area contributed by atoms with Gasteiger partial charge in [0.1, 0.15) is 24.0 Å². The van der Waals surface area contributed by atoms with Crippen molar-refractivity contribution < 1.29 is 22.6 Å². The summed E-state index contributed by atoms with van der Waals surface area (Å²) in [6.07, 6.45) is -0.869. The lowest BCUT2D eigenvalue weighted by Gasteiger charge is -2.18. The molecule has 2 fully saturated rings. The van der Waals surface area contributed by atoms with Crippen LogP contribution in [0.2, 0.25) is 0 Å². The number of nitrogens with zero attached hydrogens (tertiary/aromatic N) is 4. The summed E-state index contributed by atoms with van der Waals surface area (Å²) in [5, 5.41) is 11.7. The van der Waals surface area contributed by atoms with Gasteiger partial charge in [0.05, 0.1) is 24.2 Å². The highest BCUT2D eigenvalue weighted by atomic mass is 32.2. The van der Waals surface area contributed by atoms with Gasteiger partial charge in [0.15, 0.2) is 0 Å². The third kappa shape index (κ3) is 3.92. The van der Waals surface area contributed by atoms with Gasteiger partial charge in [0.25, 0.3) is 0 Å². The number of tetrazole rings is 1. The number of fused-ring (bicyclic) bond motifs is 1. The highest BCUT2D eigenvalue weighted by molar-refractivity contribution is 7.89. The average Bonchev–Trinajstić information content (AvgIpc) is 3.47. The maximum absolute atomic E-state index is 12.8. The fraction of sp³-hybridized carbons (Fsp3) is 0.350. The SMILES string of the molecule is Cc1ccc(S(=O)(=O)N[C@@H]2CO[C@@H]3[C@@H]2OC[C@@H]3n2nnnc2Oc2ccccc2)cc1. The van der Waals surface area contributed by atoms with E-state index in [9.17, 15) is 8.42 Å². The van der Waals surface area contributed by atoms with Crippen molar-refractivity contribution in [3.8, 4) is 11.8 Å². The molecule has 31 heavy (non-hydrogen) atoms. The number of hydrogen-bond acceptors (Lipinski definition) is 8. The lowest BCUT2D eigenvalue weighted by Crippen LogP contribution is -2.44. The number of nitrogens with one attached hydrogen (secondary N) is 1. The van der Waals surface area contributed by atoms with Crippen molar-refractivity contribution in [3.05, 3.63) is 60.2 Å². The predicted molar refractivity (Wildman–Crippen MR) is 108 cm³/mol. The number of aryl methyl sites for hydroxylation is 1. The van der Waals surface area contributed by atoms with Gasteiger partial charge in [-0.25, -0.2) is 13.1 Å². The molecule has 2 aliphatic rings. The summed E-state index contributed by atoms with van der Waals surface area (Å²) < 4.78 is 47.4. The topological polar surface area (TPSA) is 117 Å². The number of aromatic nitrogens is 4. The summed E-state index contributed by atoms with van der Waals surface area (Å²) in [6.45, 7) is 2.36. The summed E-state index contributed by atoms with van der Waals surface area (Å²) >= 11 is 0. The molecule has 2 aliphatic heterocycles. The molecular formula is C20H21N5O5S. The summed E-state index contributed by atoms with van der Waals surface area (Å²) in [6, 6.07) is 15.2. The highest BCUT2D eigenvalue weighted by Gasteiger charge is 2.50. The molecule has 3 heterocycles. The summed E-state index contributed by atoms with van der Waals surface area (Å²) in [4.78, 5) is 0.204. The second kappa shape index (κ2) is 8.00. The maximum atomic E-state index is 12.8. The summed E-state index contributed by atoms with van der Waals surface area (Å²) in [7, 11) is -3.70. The molecule has 0 amide bonds. The molecule has 2 aromatic carbocycles. The first kappa shape index (κ1) is 20.1. The largest absolute Gasteiger partial charge is 0.423 e. The van der Waals surface area contributed by atoms with Crippen LogP contribution < -0.4 is 9.46 Å². The molecule has 5 rings (SSSR count). The van der Waals surface area contributed by atoms with Crippen LogP contribution in [0, 0.1) is 6.92 Å². The van der Waals surface area contributed by atoms with Gasteiger partial charge < -0.3 is 14.2 Å². The number of hydrogen-bond donors (Lipinski definition) is 1. The van der Waals surface area contributed by atoms with Crippen molar-refractivity contribution in [1.82, 2.24) is 24.9 Å². The fourth-order valence-corrected chi connectivity index (χ4v) is 5.06. The molecule has 0 aliphatic carbocycles. The average molecular weight is 443 g/mol. The standard InChI is InChI=1S/C20H21N5O5S/c1-13-7-9-15(10-8-13)31(26,27)22-16-11-28-19-17(12-29-18(16)19)25-20(21-23-24-25)30-14-5-3-2-4-6-14/h2-10,16-19,22H,11-12H2,1H3/t16-,17+,18-,19+/m1/s1. The Bertz CT molecular complexity index is 1150. The molecule has 1 N–H and O–H groups in total. The first-order chi connectivity index (χ1) is 15.0. The zero-order valence-corrected chi connectivity index (χ0v) is 17.5. The Balaban J connectivity index is 1.31. The van der Waals surface area contributed by atoms with E-state index in [2.05, 4.69) is 20.2 Å². The van der Waals surface area contributed by atoms with Gasteiger partial charge in [-0.15, -0.1) is 0 Å². The zero-order chi connectivity index (χ0) is 21.4. The van der Waals surface area contributed by atoms with E-state index in [0.717, 1.165) is 5.56 Å². The van der Waals surface area contributed by atoms with Crippen molar-refractivity contribution in [2.24, 2.45) is 0 Å². The van der Waals surface area contributed by atoms with E-state index in [4.69, 9.17) is 14.2 Å². The van der Waals surface area contributed by atoms with E-state index in [1.165, 1.54) is 4.68 Å². The van der Waals surface area contributed by atoms with Crippen molar-refractivity contribution >= 4 is 10.0 Å². The third-order valence-corrected chi connectivity index (χ3v) is 6.90. The first-order valence-corrected chi connectivity index (χ1v) is 11.3. The van der Waals surface area contributed by atoms with Crippen LogP contribution in [0.1, 0.15) is 11.6 Å². The minimum absolute atomic E-state index is 0.188. The van der Waals surface area contributed by atoms with Gasteiger partial charge >= 0.3 is 6.01 Å². The number of sulfonamides is 1. The van der Waals surface area contributed by atoms with Gasteiger partial charge in [0.2, 0.25) is 10.0 Å². The van der Waals surface area contributed by atoms with E-state index in [1.54, 1.807) is 36.4 Å². The maximum Gasteiger partial charge on any atom is 0.341 e. The Kier molecular flexibility index (Phi) is 5.18. The Morgan fingerprint density at radius 2 is 1.77 bits per heavy atom. The van der Waals surface area contributed by atoms with Gasteiger partial charge in [0, 0.05) is 0 Å². The van der Waals surface area contributed by atoms with Crippen LogP contribution >= 0.6 is 0 Å². The Morgan fingerprint density at radius 1 is 1.03 bits per heavy atom. The summed E-state index contributed by atoms with van der Waals surface area (Å²) in [5.41, 5.74) is 0.986. The summed E-state index contributed by atoms with van der Waals surface area (Å²) in [5.74, 6) is 0.602. The quantitative estimate of drug-likeness (QED) is 0.609. The Labute approximate surface area is 179 Å². The molecule has 0 radical (unpaired) electrons. The molecule has 0 bridgehead atoms. The molecule has 0 saturated carbocycles. The highest BCUT2D eigenvalue weighted by Crippen LogP contribution is 2.36. The fourth-order valence-electron chi connectivity index (χ4n) is 3.83. The second-order valence-corrected chi connectivity index (χ2v) is 9.24. The van der Waals surface area contributed by atoms with Crippen molar-refractivity contribution in [1.29, 1.82) is 0 Å². The molecule has 1 aromatic heterocycles. The van der Waals surface area contributed by atoms with E-state index in [0.29, 0.717) is 5.75 Å². The number of rotatable bonds is 6. The molecule has 2 saturated heterocycles. The van der Waals surface area contributed by atoms with Crippen LogP contribution in [-0.4, -0.2) is 60.1 Å². The lowest BCUT2D eigenvalue weighted by atomic mass is 10.1.